The van der Waals surface area contributed by atoms with Crippen LogP contribution in [0.1, 0.15) is 28.8 Å². The SMILES string of the molecule is CN1CCC(COc2ccc(NC(=O)c3cccc(C(F)(F)F)c3)cc2-c2c(Cl)cnn2C)CC1. The van der Waals surface area contributed by atoms with E-state index in [0.29, 0.717) is 40.2 Å². The van der Waals surface area contributed by atoms with Crippen LogP contribution in [0.15, 0.2) is 48.7 Å². The second kappa shape index (κ2) is 10.3. The molecular formula is C25H26ClF3N4O2. The highest BCUT2D eigenvalue weighted by Crippen LogP contribution is 2.37. The molecule has 0 spiro atoms. The molecule has 0 bridgehead atoms. The van der Waals surface area contributed by atoms with Gasteiger partial charge in [-0.15, -0.1) is 0 Å². The second-order valence-electron chi connectivity index (χ2n) is 8.77. The van der Waals surface area contributed by atoms with Crippen LogP contribution in [0.2, 0.25) is 5.02 Å². The molecule has 35 heavy (non-hydrogen) atoms. The van der Waals surface area contributed by atoms with Gasteiger partial charge < -0.3 is 15.0 Å². The molecule has 0 radical (unpaired) electrons. The standard InChI is InChI=1S/C25H26ClF3N4O2/c1-32-10-8-16(9-11-32)15-35-22-7-6-19(13-20(22)23-21(26)14-30-33(23)2)31-24(34)17-4-3-5-18(12-17)25(27,28)29/h3-7,12-14,16H,8-11,15H2,1-2H3,(H,31,34). The number of amides is 1. The maximum Gasteiger partial charge on any atom is 0.416 e. The molecule has 0 unspecified atom stereocenters. The van der Waals surface area contributed by atoms with E-state index < -0.39 is 17.6 Å². The number of halogens is 4. The summed E-state index contributed by atoms with van der Waals surface area (Å²) in [5.74, 6) is 0.367. The average Bonchev–Trinajstić information content (AvgIpc) is 3.16. The highest BCUT2D eigenvalue weighted by atomic mass is 35.5. The first kappa shape index (κ1) is 25.1. The summed E-state index contributed by atoms with van der Waals surface area (Å²) in [4.78, 5) is 15.0. The summed E-state index contributed by atoms with van der Waals surface area (Å²) in [5, 5.41) is 7.28. The van der Waals surface area contributed by atoms with Gasteiger partial charge in [0.15, 0.2) is 0 Å². The molecule has 1 aromatic heterocycles. The lowest BCUT2D eigenvalue weighted by molar-refractivity contribution is -0.137. The summed E-state index contributed by atoms with van der Waals surface area (Å²) in [6.45, 7) is 2.59. The minimum absolute atomic E-state index is 0.0949. The molecule has 1 amide bonds. The molecule has 2 heterocycles. The van der Waals surface area contributed by atoms with Gasteiger partial charge >= 0.3 is 6.18 Å². The van der Waals surface area contributed by atoms with Crippen LogP contribution in [0.4, 0.5) is 18.9 Å². The zero-order valence-electron chi connectivity index (χ0n) is 19.4. The van der Waals surface area contributed by atoms with Gasteiger partial charge in [0.2, 0.25) is 0 Å². The Morgan fingerprint density at radius 2 is 1.91 bits per heavy atom. The van der Waals surface area contributed by atoms with Crippen LogP contribution in [-0.2, 0) is 13.2 Å². The second-order valence-corrected chi connectivity index (χ2v) is 9.17. The highest BCUT2D eigenvalue weighted by Gasteiger charge is 2.31. The maximum absolute atomic E-state index is 13.0. The van der Waals surface area contributed by atoms with E-state index in [1.807, 2.05) is 0 Å². The number of aryl methyl sites for hydroxylation is 1. The Labute approximate surface area is 206 Å². The fourth-order valence-electron chi connectivity index (χ4n) is 4.11. The molecule has 1 N–H and O–H groups in total. The van der Waals surface area contributed by atoms with Gasteiger partial charge in [-0.2, -0.15) is 18.3 Å². The van der Waals surface area contributed by atoms with Crippen LogP contribution in [0.25, 0.3) is 11.3 Å². The Balaban J connectivity index is 1.58. The van der Waals surface area contributed by atoms with Gasteiger partial charge in [0.05, 0.1) is 29.1 Å². The number of aromatic nitrogens is 2. The topological polar surface area (TPSA) is 59.4 Å². The summed E-state index contributed by atoms with van der Waals surface area (Å²) >= 11 is 6.39. The molecule has 1 aliphatic rings. The van der Waals surface area contributed by atoms with E-state index in [4.69, 9.17) is 16.3 Å². The third-order valence-corrected chi connectivity index (χ3v) is 6.43. The van der Waals surface area contributed by atoms with E-state index in [1.165, 1.54) is 18.3 Å². The molecular weight excluding hydrogens is 481 g/mol. The molecule has 4 rings (SSSR count). The van der Waals surface area contributed by atoms with Crippen LogP contribution in [0.3, 0.4) is 0 Å². The van der Waals surface area contributed by atoms with E-state index in [9.17, 15) is 18.0 Å². The Hall–Kier alpha value is -3.04. The third kappa shape index (κ3) is 5.97. The number of hydrogen-bond acceptors (Lipinski definition) is 4. The lowest BCUT2D eigenvalue weighted by atomic mass is 9.98. The number of alkyl halides is 3. The minimum atomic E-state index is -4.54. The molecule has 6 nitrogen and oxygen atoms in total. The maximum atomic E-state index is 13.0. The number of rotatable bonds is 6. The van der Waals surface area contributed by atoms with Gasteiger partial charge in [-0.3, -0.25) is 9.48 Å². The minimum Gasteiger partial charge on any atom is -0.493 e. The predicted molar refractivity (Wildman–Crippen MR) is 129 cm³/mol. The molecule has 186 valence electrons. The van der Waals surface area contributed by atoms with Gasteiger partial charge in [0.1, 0.15) is 5.75 Å². The molecule has 0 saturated carbocycles. The highest BCUT2D eigenvalue weighted by molar-refractivity contribution is 6.33. The fraction of sp³-hybridized carbons (Fsp3) is 0.360. The third-order valence-electron chi connectivity index (χ3n) is 6.15. The number of ether oxygens (including phenoxy) is 1. The van der Waals surface area contributed by atoms with E-state index in [1.54, 1.807) is 29.9 Å². The molecule has 1 fully saturated rings. The van der Waals surface area contributed by atoms with Crippen LogP contribution in [0, 0.1) is 5.92 Å². The van der Waals surface area contributed by atoms with Gasteiger partial charge in [-0.05, 0) is 75.3 Å². The lowest BCUT2D eigenvalue weighted by Crippen LogP contribution is -2.32. The average molecular weight is 507 g/mol. The van der Waals surface area contributed by atoms with Gasteiger partial charge in [-0.1, -0.05) is 17.7 Å². The Bertz CT molecular complexity index is 1180. The number of carbonyl (C=O) groups is 1. The number of piperidine rings is 1. The molecule has 0 atom stereocenters. The van der Waals surface area contributed by atoms with Crippen LogP contribution in [0.5, 0.6) is 5.75 Å². The first-order valence-corrected chi connectivity index (χ1v) is 11.6. The molecule has 2 aromatic carbocycles. The molecule has 0 aliphatic carbocycles. The van der Waals surface area contributed by atoms with Crippen molar-refractivity contribution in [3.63, 3.8) is 0 Å². The summed E-state index contributed by atoms with van der Waals surface area (Å²) in [6, 6.07) is 9.38. The van der Waals surface area contributed by atoms with E-state index in [2.05, 4.69) is 22.4 Å². The van der Waals surface area contributed by atoms with Crippen molar-refractivity contribution in [1.29, 1.82) is 0 Å². The van der Waals surface area contributed by atoms with Gasteiger partial charge in [0.25, 0.3) is 5.91 Å². The lowest BCUT2D eigenvalue weighted by Gasteiger charge is -2.29. The van der Waals surface area contributed by atoms with Crippen molar-refractivity contribution in [3.05, 3.63) is 64.8 Å². The van der Waals surface area contributed by atoms with Crippen molar-refractivity contribution in [2.75, 3.05) is 32.1 Å². The normalized spacial score (nSPS) is 15.3. The van der Waals surface area contributed by atoms with Gasteiger partial charge in [0, 0.05) is 23.9 Å². The first-order valence-electron chi connectivity index (χ1n) is 11.2. The number of nitrogens with zero attached hydrogens (tertiary/aromatic N) is 3. The zero-order chi connectivity index (χ0) is 25.2. The molecule has 3 aromatic rings. The van der Waals surface area contributed by atoms with Crippen LogP contribution >= 0.6 is 11.6 Å². The van der Waals surface area contributed by atoms with Crippen molar-refractivity contribution in [2.24, 2.45) is 13.0 Å². The number of nitrogens with one attached hydrogen (secondary N) is 1. The summed E-state index contributed by atoms with van der Waals surface area (Å²) in [5.41, 5.74) is 0.656. The van der Waals surface area contributed by atoms with Crippen molar-refractivity contribution in [3.8, 4) is 17.0 Å². The van der Waals surface area contributed by atoms with E-state index in [0.717, 1.165) is 38.1 Å². The Morgan fingerprint density at radius 3 is 2.57 bits per heavy atom. The van der Waals surface area contributed by atoms with Crippen molar-refractivity contribution < 1.29 is 22.7 Å². The van der Waals surface area contributed by atoms with Crippen molar-refractivity contribution in [1.82, 2.24) is 14.7 Å². The number of anilines is 1. The fourth-order valence-corrected chi connectivity index (χ4v) is 4.38. The van der Waals surface area contributed by atoms with Crippen molar-refractivity contribution in [2.45, 2.75) is 19.0 Å². The predicted octanol–water partition coefficient (Wildman–Crippen LogP) is 5.73. The first-order chi connectivity index (χ1) is 16.6. The largest absolute Gasteiger partial charge is 0.493 e. The molecule has 1 aliphatic heterocycles. The summed E-state index contributed by atoms with van der Waals surface area (Å²) in [6.07, 6.45) is -0.926. The molecule has 10 heteroatoms. The van der Waals surface area contributed by atoms with E-state index >= 15 is 0 Å². The summed E-state index contributed by atoms with van der Waals surface area (Å²) in [7, 11) is 3.85. The number of hydrogen-bond donors (Lipinski definition) is 1. The Kier molecular flexibility index (Phi) is 7.37. The number of carbonyl (C=O) groups excluding carboxylic acids is 1. The molecule has 1 saturated heterocycles. The Morgan fingerprint density at radius 1 is 1.17 bits per heavy atom. The van der Waals surface area contributed by atoms with Crippen LogP contribution in [-0.4, -0.2) is 47.3 Å². The summed E-state index contributed by atoms with van der Waals surface area (Å²) < 4.78 is 46.9. The van der Waals surface area contributed by atoms with Gasteiger partial charge in [-0.25, -0.2) is 0 Å². The number of benzene rings is 2. The number of likely N-dealkylation sites (tertiary alicyclic amines) is 1. The van der Waals surface area contributed by atoms with Crippen LogP contribution < -0.4 is 10.1 Å². The smallest absolute Gasteiger partial charge is 0.416 e. The van der Waals surface area contributed by atoms with Crippen molar-refractivity contribution >= 4 is 23.2 Å². The zero-order valence-corrected chi connectivity index (χ0v) is 20.2. The monoisotopic (exact) mass is 506 g/mol. The quantitative estimate of drug-likeness (QED) is 0.463. The van der Waals surface area contributed by atoms with E-state index in [-0.39, 0.29) is 5.56 Å².